The van der Waals surface area contributed by atoms with Crippen molar-refractivity contribution in [3.63, 3.8) is 0 Å². The molecule has 21 heavy (non-hydrogen) atoms. The SMILES string of the molecule is CCC1NC(c2ccccc2)N(CC(COC)OC)C1=O. The molecule has 1 aromatic rings. The fourth-order valence-electron chi connectivity index (χ4n) is 2.68. The maximum atomic E-state index is 12.5. The van der Waals surface area contributed by atoms with E-state index in [4.69, 9.17) is 9.47 Å². The summed E-state index contributed by atoms with van der Waals surface area (Å²) in [7, 11) is 3.28. The summed E-state index contributed by atoms with van der Waals surface area (Å²) >= 11 is 0. The van der Waals surface area contributed by atoms with Gasteiger partial charge in [-0.2, -0.15) is 0 Å². The van der Waals surface area contributed by atoms with E-state index in [2.05, 4.69) is 5.32 Å². The van der Waals surface area contributed by atoms with Crippen molar-refractivity contribution in [2.24, 2.45) is 0 Å². The smallest absolute Gasteiger partial charge is 0.241 e. The van der Waals surface area contributed by atoms with Crippen LogP contribution in [0.3, 0.4) is 0 Å². The summed E-state index contributed by atoms with van der Waals surface area (Å²) < 4.78 is 10.6. The number of hydrogen-bond acceptors (Lipinski definition) is 4. The largest absolute Gasteiger partial charge is 0.382 e. The zero-order valence-corrected chi connectivity index (χ0v) is 12.9. The van der Waals surface area contributed by atoms with Gasteiger partial charge in [-0.25, -0.2) is 0 Å². The third-order valence-corrected chi connectivity index (χ3v) is 3.86. The van der Waals surface area contributed by atoms with Gasteiger partial charge in [-0.15, -0.1) is 0 Å². The minimum atomic E-state index is -0.129. The topological polar surface area (TPSA) is 50.8 Å². The van der Waals surface area contributed by atoms with Gasteiger partial charge in [-0.3, -0.25) is 10.1 Å². The first-order chi connectivity index (χ1) is 10.2. The molecule has 3 unspecified atom stereocenters. The van der Waals surface area contributed by atoms with Crippen molar-refractivity contribution < 1.29 is 14.3 Å². The van der Waals surface area contributed by atoms with Crippen molar-refractivity contribution in [1.82, 2.24) is 10.2 Å². The summed E-state index contributed by atoms with van der Waals surface area (Å²) in [5, 5.41) is 3.41. The Morgan fingerprint density at radius 1 is 1.29 bits per heavy atom. The lowest BCUT2D eigenvalue weighted by Crippen LogP contribution is -2.39. The number of amides is 1. The highest BCUT2D eigenvalue weighted by atomic mass is 16.5. The molecular weight excluding hydrogens is 268 g/mol. The second-order valence-corrected chi connectivity index (χ2v) is 5.24. The summed E-state index contributed by atoms with van der Waals surface area (Å²) in [5.74, 6) is 0.129. The molecule has 3 atom stereocenters. The summed E-state index contributed by atoms with van der Waals surface area (Å²) in [6.45, 7) is 3.01. The number of nitrogens with zero attached hydrogens (tertiary/aromatic N) is 1. The molecule has 0 saturated carbocycles. The number of carbonyl (C=O) groups is 1. The van der Waals surface area contributed by atoms with Crippen molar-refractivity contribution in [2.75, 3.05) is 27.4 Å². The zero-order valence-electron chi connectivity index (χ0n) is 12.9. The number of methoxy groups -OCH3 is 2. The first-order valence-electron chi connectivity index (χ1n) is 7.34. The first-order valence-corrected chi connectivity index (χ1v) is 7.34. The highest BCUT2D eigenvalue weighted by molar-refractivity contribution is 5.84. The monoisotopic (exact) mass is 292 g/mol. The lowest BCUT2D eigenvalue weighted by molar-refractivity contribution is -0.132. The van der Waals surface area contributed by atoms with E-state index in [0.29, 0.717) is 13.2 Å². The van der Waals surface area contributed by atoms with Crippen LogP contribution in [-0.4, -0.2) is 50.3 Å². The van der Waals surface area contributed by atoms with Crippen LogP contribution in [0.4, 0.5) is 0 Å². The Kier molecular flexibility index (Phi) is 5.73. The average Bonchev–Trinajstić information content (AvgIpc) is 2.84. The first kappa shape index (κ1) is 15.9. The molecule has 1 aromatic carbocycles. The molecule has 0 aromatic heterocycles. The predicted molar refractivity (Wildman–Crippen MR) is 80.8 cm³/mol. The normalized spacial score (nSPS) is 23.6. The van der Waals surface area contributed by atoms with Crippen molar-refractivity contribution >= 4 is 5.91 Å². The third kappa shape index (κ3) is 3.61. The molecule has 1 aliphatic rings. The molecule has 116 valence electrons. The van der Waals surface area contributed by atoms with Crippen LogP contribution in [-0.2, 0) is 14.3 Å². The van der Waals surface area contributed by atoms with E-state index in [-0.39, 0.29) is 24.2 Å². The maximum absolute atomic E-state index is 12.5. The van der Waals surface area contributed by atoms with Crippen molar-refractivity contribution in [1.29, 1.82) is 0 Å². The van der Waals surface area contributed by atoms with Gasteiger partial charge >= 0.3 is 0 Å². The Bertz CT molecular complexity index is 452. The molecule has 1 amide bonds. The summed E-state index contributed by atoms with van der Waals surface area (Å²) in [6, 6.07) is 9.90. The number of ether oxygens (including phenoxy) is 2. The molecule has 0 radical (unpaired) electrons. The molecule has 0 aliphatic carbocycles. The van der Waals surface area contributed by atoms with Gasteiger partial charge in [-0.1, -0.05) is 37.3 Å². The standard InChI is InChI=1S/C16H24N2O3/c1-4-14-16(19)18(10-13(21-3)11-20-2)15(17-14)12-8-6-5-7-9-12/h5-9,13-15,17H,4,10-11H2,1-3H3. The van der Waals surface area contributed by atoms with Gasteiger partial charge in [0, 0.05) is 14.2 Å². The van der Waals surface area contributed by atoms with E-state index >= 15 is 0 Å². The Labute approximate surface area is 126 Å². The quantitative estimate of drug-likeness (QED) is 0.828. The minimum Gasteiger partial charge on any atom is -0.382 e. The highest BCUT2D eigenvalue weighted by Gasteiger charge is 2.39. The second-order valence-electron chi connectivity index (χ2n) is 5.24. The minimum absolute atomic E-state index is 0.0989. The van der Waals surface area contributed by atoms with Gasteiger partial charge in [0.25, 0.3) is 0 Å². The molecule has 1 aliphatic heterocycles. The van der Waals surface area contributed by atoms with E-state index in [1.54, 1.807) is 14.2 Å². The van der Waals surface area contributed by atoms with E-state index in [9.17, 15) is 4.79 Å². The second kappa shape index (κ2) is 7.54. The number of carbonyl (C=O) groups excluding carboxylic acids is 1. The number of hydrogen-bond donors (Lipinski definition) is 1. The molecule has 0 bridgehead atoms. The van der Waals surface area contributed by atoms with Gasteiger partial charge in [0.2, 0.25) is 5.91 Å². The Balaban J connectivity index is 2.18. The molecule has 1 heterocycles. The molecule has 1 saturated heterocycles. The van der Waals surface area contributed by atoms with Crippen molar-refractivity contribution in [3.05, 3.63) is 35.9 Å². The lowest BCUT2D eigenvalue weighted by Gasteiger charge is -2.28. The Morgan fingerprint density at radius 3 is 2.57 bits per heavy atom. The van der Waals surface area contributed by atoms with Gasteiger partial charge in [0.05, 0.1) is 25.3 Å². The van der Waals surface area contributed by atoms with Crippen LogP contribution in [0, 0.1) is 0 Å². The molecule has 2 rings (SSSR count). The fourth-order valence-corrected chi connectivity index (χ4v) is 2.68. The van der Waals surface area contributed by atoms with Crippen LogP contribution in [0.25, 0.3) is 0 Å². The number of nitrogens with one attached hydrogen (secondary N) is 1. The number of rotatable bonds is 7. The van der Waals surface area contributed by atoms with Crippen molar-refractivity contribution in [3.8, 4) is 0 Å². The van der Waals surface area contributed by atoms with Gasteiger partial charge < -0.3 is 14.4 Å². The van der Waals surface area contributed by atoms with Crippen LogP contribution < -0.4 is 5.32 Å². The lowest BCUT2D eigenvalue weighted by atomic mass is 10.1. The average molecular weight is 292 g/mol. The van der Waals surface area contributed by atoms with E-state index in [1.165, 1.54) is 0 Å². The van der Waals surface area contributed by atoms with Crippen molar-refractivity contribution in [2.45, 2.75) is 31.7 Å². The Hall–Kier alpha value is -1.43. The molecule has 5 nitrogen and oxygen atoms in total. The van der Waals surface area contributed by atoms with E-state index < -0.39 is 0 Å². The van der Waals surface area contributed by atoms with Crippen LogP contribution in [0.1, 0.15) is 25.1 Å². The van der Waals surface area contributed by atoms with Crippen LogP contribution in [0.5, 0.6) is 0 Å². The van der Waals surface area contributed by atoms with Gasteiger partial charge in [0.1, 0.15) is 6.17 Å². The zero-order chi connectivity index (χ0) is 15.2. The summed E-state index contributed by atoms with van der Waals surface area (Å²) in [6.07, 6.45) is 0.557. The van der Waals surface area contributed by atoms with Gasteiger partial charge in [0.15, 0.2) is 0 Å². The number of benzene rings is 1. The van der Waals surface area contributed by atoms with Crippen LogP contribution in [0.2, 0.25) is 0 Å². The molecule has 1 fully saturated rings. The van der Waals surface area contributed by atoms with Crippen LogP contribution in [0.15, 0.2) is 30.3 Å². The van der Waals surface area contributed by atoms with E-state index in [1.807, 2.05) is 42.2 Å². The van der Waals surface area contributed by atoms with E-state index in [0.717, 1.165) is 12.0 Å². The van der Waals surface area contributed by atoms with Gasteiger partial charge in [-0.05, 0) is 12.0 Å². The molecule has 0 spiro atoms. The third-order valence-electron chi connectivity index (χ3n) is 3.86. The molecule has 1 N–H and O–H groups in total. The molecule has 5 heteroatoms. The van der Waals surface area contributed by atoms with Crippen LogP contribution >= 0.6 is 0 Å². The highest BCUT2D eigenvalue weighted by Crippen LogP contribution is 2.26. The summed E-state index contributed by atoms with van der Waals surface area (Å²) in [5.41, 5.74) is 1.09. The predicted octanol–water partition coefficient (Wildman–Crippen LogP) is 1.56. The summed E-state index contributed by atoms with van der Waals surface area (Å²) in [4.78, 5) is 14.4. The maximum Gasteiger partial charge on any atom is 0.241 e. The fraction of sp³-hybridized carbons (Fsp3) is 0.562. The molecular formula is C16H24N2O3. The Morgan fingerprint density at radius 2 is 2.00 bits per heavy atom.